The Bertz CT molecular complexity index is 511. The molecule has 1 aliphatic rings. The summed E-state index contributed by atoms with van der Waals surface area (Å²) < 4.78 is 1.88. The first-order chi connectivity index (χ1) is 8.31. The Morgan fingerprint density at radius 3 is 3.06 bits per heavy atom. The molecule has 4 nitrogen and oxygen atoms in total. The molecule has 17 heavy (non-hydrogen) atoms. The molecule has 0 aliphatic carbocycles. The molecule has 0 atom stereocenters. The molecule has 2 aromatic heterocycles. The fourth-order valence-electron chi connectivity index (χ4n) is 2.46. The van der Waals surface area contributed by atoms with Gasteiger partial charge in [0.15, 0.2) is 11.5 Å². The van der Waals surface area contributed by atoms with E-state index in [4.69, 9.17) is 0 Å². The van der Waals surface area contributed by atoms with Crippen molar-refractivity contribution in [2.24, 2.45) is 5.92 Å². The molecule has 90 valence electrons. The molecule has 0 spiro atoms. The van der Waals surface area contributed by atoms with Crippen LogP contribution in [0.15, 0.2) is 18.3 Å². The molecule has 0 unspecified atom stereocenters. The van der Waals surface area contributed by atoms with E-state index >= 15 is 0 Å². The Hall–Kier alpha value is -1.42. The third-order valence-corrected chi connectivity index (χ3v) is 3.47. The molecule has 1 N–H and O–H groups in total. The second-order valence-electron chi connectivity index (χ2n) is 4.93. The number of piperidine rings is 1. The Morgan fingerprint density at radius 1 is 1.41 bits per heavy atom. The average Bonchev–Trinajstić information content (AvgIpc) is 2.71. The van der Waals surface area contributed by atoms with E-state index in [9.17, 15) is 0 Å². The SMILES string of the molecule is Cc1ccn2nc(CC3CCNCC3)nc2c1. The Balaban J connectivity index is 1.80. The number of hydrogen-bond donors (Lipinski definition) is 1. The minimum absolute atomic E-state index is 0.745. The van der Waals surface area contributed by atoms with Crippen molar-refractivity contribution < 1.29 is 0 Å². The number of fused-ring (bicyclic) bond motifs is 1. The summed E-state index contributed by atoms with van der Waals surface area (Å²) in [5, 5.41) is 7.92. The molecule has 0 saturated carbocycles. The number of nitrogens with one attached hydrogen (secondary N) is 1. The lowest BCUT2D eigenvalue weighted by Crippen LogP contribution is -2.28. The molecular formula is C13H18N4. The summed E-state index contributed by atoms with van der Waals surface area (Å²) in [6.45, 7) is 4.36. The second kappa shape index (κ2) is 4.45. The normalized spacial score (nSPS) is 17.7. The standard InChI is InChI=1S/C13H18N4/c1-10-4-7-17-13(8-10)15-12(16-17)9-11-2-5-14-6-3-11/h4,7-8,11,14H,2-3,5-6,9H2,1H3. The molecule has 0 bridgehead atoms. The van der Waals surface area contributed by atoms with Gasteiger partial charge in [-0.05, 0) is 56.5 Å². The van der Waals surface area contributed by atoms with Gasteiger partial charge in [-0.15, -0.1) is 0 Å². The highest BCUT2D eigenvalue weighted by atomic mass is 15.3. The highest BCUT2D eigenvalue weighted by molar-refractivity contribution is 5.39. The zero-order valence-electron chi connectivity index (χ0n) is 10.2. The van der Waals surface area contributed by atoms with Crippen LogP contribution in [-0.2, 0) is 6.42 Å². The molecule has 1 aliphatic heterocycles. The minimum atomic E-state index is 0.745. The van der Waals surface area contributed by atoms with Crippen molar-refractivity contribution in [1.82, 2.24) is 19.9 Å². The number of rotatable bonds is 2. The maximum atomic E-state index is 4.60. The van der Waals surface area contributed by atoms with Crippen molar-refractivity contribution in [3.05, 3.63) is 29.7 Å². The predicted molar refractivity (Wildman–Crippen MR) is 67.0 cm³/mol. The maximum Gasteiger partial charge on any atom is 0.155 e. The van der Waals surface area contributed by atoms with Gasteiger partial charge in [0.1, 0.15) is 0 Å². The van der Waals surface area contributed by atoms with E-state index in [0.29, 0.717) is 0 Å². The van der Waals surface area contributed by atoms with E-state index < -0.39 is 0 Å². The van der Waals surface area contributed by atoms with E-state index in [2.05, 4.69) is 34.5 Å². The first-order valence-corrected chi connectivity index (χ1v) is 6.34. The predicted octanol–water partition coefficient (Wildman–Crippen LogP) is 1.58. The molecule has 0 amide bonds. The van der Waals surface area contributed by atoms with Gasteiger partial charge in [0.05, 0.1) is 0 Å². The monoisotopic (exact) mass is 230 g/mol. The van der Waals surface area contributed by atoms with Crippen molar-refractivity contribution in [3.8, 4) is 0 Å². The van der Waals surface area contributed by atoms with Gasteiger partial charge in [0.2, 0.25) is 0 Å². The van der Waals surface area contributed by atoms with Gasteiger partial charge in [0, 0.05) is 12.6 Å². The van der Waals surface area contributed by atoms with Crippen molar-refractivity contribution in [1.29, 1.82) is 0 Å². The lowest BCUT2D eigenvalue weighted by molar-refractivity contribution is 0.367. The van der Waals surface area contributed by atoms with Crippen molar-refractivity contribution >= 4 is 5.65 Å². The maximum absolute atomic E-state index is 4.60. The zero-order valence-corrected chi connectivity index (χ0v) is 10.2. The van der Waals surface area contributed by atoms with Gasteiger partial charge < -0.3 is 5.32 Å². The number of aryl methyl sites for hydroxylation is 1. The summed E-state index contributed by atoms with van der Waals surface area (Å²) in [5.41, 5.74) is 2.20. The van der Waals surface area contributed by atoms with Crippen LogP contribution >= 0.6 is 0 Å². The van der Waals surface area contributed by atoms with Crippen molar-refractivity contribution in [3.63, 3.8) is 0 Å². The molecule has 2 aromatic rings. The summed E-state index contributed by atoms with van der Waals surface area (Å²) in [7, 11) is 0. The molecule has 1 saturated heterocycles. The lowest BCUT2D eigenvalue weighted by Gasteiger charge is -2.20. The van der Waals surface area contributed by atoms with Crippen LogP contribution in [0.2, 0.25) is 0 Å². The number of aromatic nitrogens is 3. The Morgan fingerprint density at radius 2 is 2.24 bits per heavy atom. The van der Waals surface area contributed by atoms with Crippen LogP contribution in [0.5, 0.6) is 0 Å². The fraction of sp³-hybridized carbons (Fsp3) is 0.538. The smallest absolute Gasteiger partial charge is 0.155 e. The van der Waals surface area contributed by atoms with Crippen LogP contribution in [-0.4, -0.2) is 27.7 Å². The molecule has 1 fully saturated rings. The van der Waals surface area contributed by atoms with Gasteiger partial charge in [-0.25, -0.2) is 9.50 Å². The van der Waals surface area contributed by atoms with Crippen LogP contribution in [0.25, 0.3) is 5.65 Å². The Labute approximate surface area is 101 Å². The Kier molecular flexibility index (Phi) is 2.81. The van der Waals surface area contributed by atoms with E-state index in [-0.39, 0.29) is 0 Å². The first-order valence-electron chi connectivity index (χ1n) is 6.34. The first kappa shape index (κ1) is 10.7. The van der Waals surface area contributed by atoms with Crippen molar-refractivity contribution in [2.45, 2.75) is 26.2 Å². The van der Waals surface area contributed by atoms with E-state index in [1.807, 2.05) is 10.7 Å². The highest BCUT2D eigenvalue weighted by Gasteiger charge is 2.16. The topological polar surface area (TPSA) is 42.2 Å². The number of pyridine rings is 1. The average molecular weight is 230 g/mol. The third kappa shape index (κ3) is 2.31. The molecular weight excluding hydrogens is 212 g/mol. The highest BCUT2D eigenvalue weighted by Crippen LogP contribution is 2.16. The lowest BCUT2D eigenvalue weighted by atomic mass is 9.94. The van der Waals surface area contributed by atoms with Crippen LogP contribution in [0.4, 0.5) is 0 Å². The van der Waals surface area contributed by atoms with Crippen molar-refractivity contribution in [2.75, 3.05) is 13.1 Å². The third-order valence-electron chi connectivity index (χ3n) is 3.47. The van der Waals surface area contributed by atoms with Crippen LogP contribution < -0.4 is 5.32 Å². The quantitative estimate of drug-likeness (QED) is 0.851. The zero-order chi connectivity index (χ0) is 11.7. The van der Waals surface area contributed by atoms with E-state index in [1.54, 1.807) is 0 Å². The van der Waals surface area contributed by atoms with E-state index in [0.717, 1.165) is 36.9 Å². The summed E-state index contributed by atoms with van der Waals surface area (Å²) in [5.74, 6) is 1.73. The van der Waals surface area contributed by atoms with Gasteiger partial charge >= 0.3 is 0 Å². The second-order valence-corrected chi connectivity index (χ2v) is 4.93. The largest absolute Gasteiger partial charge is 0.317 e. The van der Waals surface area contributed by atoms with Crippen LogP contribution in [0.3, 0.4) is 0 Å². The van der Waals surface area contributed by atoms with Gasteiger partial charge in [-0.1, -0.05) is 0 Å². The van der Waals surface area contributed by atoms with E-state index in [1.165, 1.54) is 18.4 Å². The molecule has 3 rings (SSSR count). The summed E-state index contributed by atoms with van der Waals surface area (Å²) in [6.07, 6.45) is 5.50. The molecule has 3 heterocycles. The van der Waals surface area contributed by atoms with Crippen LogP contribution in [0, 0.1) is 12.8 Å². The molecule has 4 heteroatoms. The minimum Gasteiger partial charge on any atom is -0.317 e. The fourth-order valence-corrected chi connectivity index (χ4v) is 2.46. The van der Waals surface area contributed by atoms with Gasteiger partial charge in [0.25, 0.3) is 0 Å². The summed E-state index contributed by atoms with van der Waals surface area (Å²) in [6, 6.07) is 4.15. The molecule has 0 radical (unpaired) electrons. The van der Waals surface area contributed by atoms with Crippen LogP contribution in [0.1, 0.15) is 24.2 Å². The summed E-state index contributed by atoms with van der Waals surface area (Å²) in [4.78, 5) is 4.60. The van der Waals surface area contributed by atoms with Gasteiger partial charge in [-0.3, -0.25) is 0 Å². The van der Waals surface area contributed by atoms with Gasteiger partial charge in [-0.2, -0.15) is 5.10 Å². The summed E-state index contributed by atoms with van der Waals surface area (Å²) >= 11 is 0. The number of hydrogen-bond acceptors (Lipinski definition) is 3. The molecule has 0 aromatic carbocycles. The number of nitrogens with zero attached hydrogens (tertiary/aromatic N) is 3.